The van der Waals surface area contributed by atoms with Gasteiger partial charge in [-0.1, -0.05) is 11.6 Å². The third-order valence-electron chi connectivity index (χ3n) is 2.47. The minimum Gasteiger partial charge on any atom is -0.424 e. The number of rotatable bonds is 3. The summed E-state index contributed by atoms with van der Waals surface area (Å²) in [4.78, 5) is 18.0. The molecule has 7 nitrogen and oxygen atoms in total. The molecule has 0 fully saturated rings. The number of aromatic amines is 1. The molecule has 3 heterocycles. The van der Waals surface area contributed by atoms with Gasteiger partial charge >= 0.3 is 0 Å². The molecule has 1 N–H and O–H groups in total. The molecule has 0 aliphatic heterocycles. The monoisotopic (exact) mass is 289 g/mol. The molecule has 0 saturated carbocycles. The van der Waals surface area contributed by atoms with E-state index in [1.807, 2.05) is 0 Å². The van der Waals surface area contributed by atoms with E-state index in [0.29, 0.717) is 17.1 Å². The molecular formula is C12H8ClN5O2. The predicted octanol–water partition coefficient (Wildman–Crippen LogP) is 1.90. The number of hydrogen-bond donors (Lipinski definition) is 1. The maximum absolute atomic E-state index is 11.4. The Labute approximate surface area is 117 Å². The average Bonchev–Trinajstić information content (AvgIpc) is 3.07. The van der Waals surface area contributed by atoms with Crippen LogP contribution in [0.2, 0.25) is 5.15 Å². The summed E-state index contributed by atoms with van der Waals surface area (Å²) in [5, 5.41) is 7.55. The lowest BCUT2D eigenvalue weighted by Gasteiger charge is -1.96. The second-order valence-corrected chi connectivity index (χ2v) is 4.29. The average molecular weight is 290 g/mol. The fourth-order valence-electron chi connectivity index (χ4n) is 1.63. The van der Waals surface area contributed by atoms with Crippen molar-refractivity contribution < 1.29 is 4.42 Å². The van der Waals surface area contributed by atoms with Crippen molar-refractivity contribution in [1.29, 1.82) is 0 Å². The number of halogens is 1. The highest BCUT2D eigenvalue weighted by Gasteiger charge is 2.04. The van der Waals surface area contributed by atoms with Gasteiger partial charge in [0.2, 0.25) is 17.8 Å². The zero-order valence-electron chi connectivity index (χ0n) is 10.0. The summed E-state index contributed by atoms with van der Waals surface area (Å²) >= 11 is 5.80. The van der Waals surface area contributed by atoms with Gasteiger partial charge in [-0.25, -0.2) is 4.98 Å². The normalized spacial score (nSPS) is 11.2. The molecule has 0 saturated heterocycles. The molecule has 0 aliphatic carbocycles. The van der Waals surface area contributed by atoms with Crippen molar-refractivity contribution in [3.8, 4) is 11.3 Å². The van der Waals surface area contributed by atoms with Crippen molar-refractivity contribution in [3.63, 3.8) is 0 Å². The van der Waals surface area contributed by atoms with Crippen molar-refractivity contribution in [2.45, 2.75) is 0 Å². The van der Waals surface area contributed by atoms with E-state index in [0.717, 1.165) is 0 Å². The molecule has 3 aromatic heterocycles. The van der Waals surface area contributed by atoms with Crippen LogP contribution in [0, 0.1) is 0 Å². The Kier molecular flexibility index (Phi) is 3.18. The van der Waals surface area contributed by atoms with Crippen molar-refractivity contribution >= 4 is 23.9 Å². The molecule has 0 atom stereocenters. The molecule has 8 heteroatoms. The van der Waals surface area contributed by atoms with E-state index in [9.17, 15) is 4.79 Å². The van der Waals surface area contributed by atoms with Crippen LogP contribution in [-0.2, 0) is 0 Å². The first-order valence-electron chi connectivity index (χ1n) is 5.59. The first-order chi connectivity index (χ1) is 9.70. The van der Waals surface area contributed by atoms with Crippen LogP contribution in [0.5, 0.6) is 0 Å². The highest BCUT2D eigenvalue weighted by atomic mass is 35.5. The molecule has 3 rings (SSSR count). The number of nitrogens with zero attached hydrogens (tertiary/aromatic N) is 4. The van der Waals surface area contributed by atoms with Crippen molar-refractivity contribution in [3.05, 3.63) is 52.4 Å². The van der Waals surface area contributed by atoms with E-state index in [4.69, 9.17) is 16.0 Å². The van der Waals surface area contributed by atoms with Gasteiger partial charge in [-0.3, -0.25) is 4.79 Å². The lowest BCUT2D eigenvalue weighted by atomic mass is 10.2. The molecule has 0 spiro atoms. The first kappa shape index (κ1) is 12.4. The van der Waals surface area contributed by atoms with Gasteiger partial charge in [-0.05, 0) is 6.07 Å². The zero-order chi connectivity index (χ0) is 13.9. The summed E-state index contributed by atoms with van der Waals surface area (Å²) in [6.45, 7) is 0. The second-order valence-electron chi connectivity index (χ2n) is 3.88. The highest BCUT2D eigenvalue weighted by molar-refractivity contribution is 6.29. The highest BCUT2D eigenvalue weighted by Crippen LogP contribution is 2.17. The molecule has 100 valence electrons. The molecule has 20 heavy (non-hydrogen) atoms. The fourth-order valence-corrected chi connectivity index (χ4v) is 1.84. The van der Waals surface area contributed by atoms with Crippen LogP contribution in [-0.4, -0.2) is 24.7 Å². The number of aromatic nitrogens is 5. The van der Waals surface area contributed by atoms with Gasteiger partial charge in [0.05, 0.1) is 12.0 Å². The molecule has 0 amide bonds. The third-order valence-corrected chi connectivity index (χ3v) is 2.68. The van der Waals surface area contributed by atoms with Gasteiger partial charge in [0.15, 0.2) is 0 Å². The van der Waals surface area contributed by atoms with Gasteiger partial charge in [-0.15, -0.1) is 10.2 Å². The van der Waals surface area contributed by atoms with E-state index in [-0.39, 0.29) is 10.7 Å². The number of hydrogen-bond acceptors (Lipinski definition) is 5. The molecule has 0 aromatic carbocycles. The third kappa shape index (κ3) is 2.67. The van der Waals surface area contributed by atoms with Crippen LogP contribution in [0.1, 0.15) is 5.89 Å². The summed E-state index contributed by atoms with van der Waals surface area (Å²) in [7, 11) is 0. The Bertz CT molecular complexity index is 803. The number of pyridine rings is 1. The SMILES string of the molecule is O=c1cc(-c2cn(C=Cc3nnco3)cn2)cc(Cl)[nH]1. The zero-order valence-corrected chi connectivity index (χ0v) is 10.8. The molecule has 0 aliphatic rings. The van der Waals surface area contributed by atoms with Gasteiger partial charge < -0.3 is 14.0 Å². The van der Waals surface area contributed by atoms with E-state index < -0.39 is 0 Å². The molecule has 0 radical (unpaired) electrons. The van der Waals surface area contributed by atoms with Gasteiger partial charge in [-0.2, -0.15) is 0 Å². The standard InChI is InChI=1S/C12H8ClN5O2/c13-10-3-8(4-11(19)16-10)9-5-18(6-14-9)2-1-12-17-15-7-20-12/h1-7H,(H,16,19). The predicted molar refractivity (Wildman–Crippen MR) is 72.8 cm³/mol. The Morgan fingerprint density at radius 3 is 3.05 bits per heavy atom. The van der Waals surface area contributed by atoms with E-state index in [1.54, 1.807) is 35.4 Å². The van der Waals surface area contributed by atoms with Crippen LogP contribution >= 0.6 is 11.6 Å². The van der Waals surface area contributed by atoms with E-state index in [1.165, 1.54) is 12.5 Å². The van der Waals surface area contributed by atoms with Crippen molar-refractivity contribution in [2.75, 3.05) is 0 Å². The van der Waals surface area contributed by atoms with Gasteiger partial charge in [0.1, 0.15) is 5.15 Å². The molecular weight excluding hydrogens is 282 g/mol. The topological polar surface area (TPSA) is 89.6 Å². The van der Waals surface area contributed by atoms with Crippen molar-refractivity contribution in [2.24, 2.45) is 0 Å². The maximum atomic E-state index is 11.4. The Morgan fingerprint density at radius 1 is 1.40 bits per heavy atom. The van der Waals surface area contributed by atoms with Crippen LogP contribution in [0.4, 0.5) is 0 Å². The Morgan fingerprint density at radius 2 is 2.30 bits per heavy atom. The Balaban J connectivity index is 1.88. The summed E-state index contributed by atoms with van der Waals surface area (Å²) < 4.78 is 6.68. The van der Waals surface area contributed by atoms with E-state index in [2.05, 4.69) is 20.2 Å². The minimum absolute atomic E-state index is 0.267. The van der Waals surface area contributed by atoms with Crippen LogP contribution in [0.15, 0.2) is 40.3 Å². The summed E-state index contributed by atoms with van der Waals surface area (Å²) in [5.41, 5.74) is 1.00. The lowest BCUT2D eigenvalue weighted by molar-refractivity contribution is 0.542. The quantitative estimate of drug-likeness (QED) is 0.744. The van der Waals surface area contributed by atoms with E-state index >= 15 is 0 Å². The number of imidazole rings is 1. The molecule has 3 aromatic rings. The Hall–Kier alpha value is -2.67. The lowest BCUT2D eigenvalue weighted by Crippen LogP contribution is -2.03. The molecule has 0 bridgehead atoms. The maximum Gasteiger partial charge on any atom is 0.249 e. The minimum atomic E-state index is -0.275. The number of nitrogens with one attached hydrogen (secondary N) is 1. The first-order valence-corrected chi connectivity index (χ1v) is 5.96. The molecule has 0 unspecified atom stereocenters. The second kappa shape index (κ2) is 5.14. The van der Waals surface area contributed by atoms with Gasteiger partial charge in [0.25, 0.3) is 0 Å². The largest absolute Gasteiger partial charge is 0.424 e. The van der Waals surface area contributed by atoms with Crippen LogP contribution in [0.25, 0.3) is 23.5 Å². The summed E-state index contributed by atoms with van der Waals surface area (Å²) in [5.74, 6) is 0.388. The fraction of sp³-hybridized carbons (Fsp3) is 0. The van der Waals surface area contributed by atoms with Gasteiger partial charge in [0, 0.05) is 30.1 Å². The van der Waals surface area contributed by atoms with Crippen LogP contribution < -0.4 is 5.56 Å². The van der Waals surface area contributed by atoms with Crippen LogP contribution in [0.3, 0.4) is 0 Å². The summed E-state index contributed by atoms with van der Waals surface area (Å²) in [6, 6.07) is 3.07. The smallest absolute Gasteiger partial charge is 0.249 e. The van der Waals surface area contributed by atoms with Crippen molar-refractivity contribution in [1.82, 2.24) is 24.7 Å². The number of H-pyrrole nitrogens is 1. The summed E-state index contributed by atoms with van der Waals surface area (Å²) in [6.07, 6.45) is 7.94.